The lowest BCUT2D eigenvalue weighted by molar-refractivity contribution is -0.385. The Labute approximate surface area is 158 Å². The Morgan fingerprint density at radius 3 is 2.56 bits per heavy atom. The van der Waals surface area contributed by atoms with Gasteiger partial charge >= 0.3 is 5.69 Å². The minimum atomic E-state index is -0.758. The molecule has 0 spiro atoms. The molecule has 0 aliphatic carbocycles. The summed E-state index contributed by atoms with van der Waals surface area (Å²) in [7, 11) is 1.42. The number of carbonyl (C=O) groups is 2. The normalized spacial score (nSPS) is 10.4. The molecule has 0 saturated carbocycles. The molecule has 0 aliphatic heterocycles. The van der Waals surface area contributed by atoms with Crippen LogP contribution in [-0.4, -0.2) is 26.4 Å². The number of hydrogen-bond acceptors (Lipinski definition) is 5. The van der Waals surface area contributed by atoms with E-state index < -0.39 is 16.5 Å². The van der Waals surface area contributed by atoms with Crippen molar-refractivity contribution in [3.63, 3.8) is 0 Å². The van der Waals surface area contributed by atoms with Crippen LogP contribution in [0.4, 0.5) is 11.4 Å². The average Bonchev–Trinajstić information content (AvgIpc) is 3.05. The highest BCUT2D eigenvalue weighted by atomic mass is 35.5. The summed E-state index contributed by atoms with van der Waals surface area (Å²) in [5.41, 5.74) is 0.121. The van der Waals surface area contributed by atoms with E-state index >= 15 is 0 Å². The van der Waals surface area contributed by atoms with Crippen molar-refractivity contribution in [1.29, 1.82) is 0 Å². The number of nitrogens with one attached hydrogen (secondary N) is 1. The number of hydrogen-bond donors (Lipinski definition) is 1. The maximum atomic E-state index is 12.8. The van der Waals surface area contributed by atoms with Crippen LogP contribution in [0.15, 0.2) is 54.7 Å². The molecule has 0 radical (unpaired) electrons. The van der Waals surface area contributed by atoms with Crippen LogP contribution in [0.1, 0.15) is 26.4 Å². The molecule has 3 rings (SSSR count). The summed E-state index contributed by atoms with van der Waals surface area (Å²) in [4.78, 5) is 35.8. The monoisotopic (exact) mass is 384 g/mol. The van der Waals surface area contributed by atoms with E-state index in [1.54, 1.807) is 30.3 Å². The Bertz CT molecular complexity index is 1050. The van der Waals surface area contributed by atoms with Gasteiger partial charge in [0.1, 0.15) is 6.20 Å². The molecule has 9 heteroatoms. The second kappa shape index (κ2) is 7.38. The van der Waals surface area contributed by atoms with Crippen LogP contribution in [0.5, 0.6) is 0 Å². The summed E-state index contributed by atoms with van der Waals surface area (Å²) >= 11 is 6.01. The largest absolute Gasteiger partial charge is 0.320 e. The first kappa shape index (κ1) is 18.3. The number of anilines is 1. The number of amides is 1. The third-order valence-electron chi connectivity index (χ3n) is 3.84. The molecule has 0 bridgehead atoms. The van der Waals surface area contributed by atoms with E-state index in [0.29, 0.717) is 10.6 Å². The predicted octanol–water partition coefficient (Wildman–Crippen LogP) is 3.47. The smallest absolute Gasteiger partial charge is 0.320 e. The van der Waals surface area contributed by atoms with Crippen molar-refractivity contribution in [3.8, 4) is 0 Å². The fourth-order valence-corrected chi connectivity index (χ4v) is 2.73. The molecule has 27 heavy (non-hydrogen) atoms. The lowest BCUT2D eigenvalue weighted by Gasteiger charge is -2.11. The van der Waals surface area contributed by atoms with E-state index in [1.165, 1.54) is 25.2 Å². The maximum Gasteiger partial charge on any atom is 0.320 e. The standard InChI is InChI=1S/C18H13ClN4O4/c1-22-16(15(10-20-22)23(26)27)18(25)21-14-8-7-12(19)9-13(14)17(24)11-5-3-2-4-6-11/h2-10H,1H3,(H,21,25). The van der Waals surface area contributed by atoms with Crippen LogP contribution in [0, 0.1) is 10.1 Å². The fraction of sp³-hybridized carbons (Fsp3) is 0.0556. The molecule has 2 aromatic carbocycles. The Morgan fingerprint density at radius 1 is 1.19 bits per heavy atom. The maximum absolute atomic E-state index is 12.8. The topological polar surface area (TPSA) is 107 Å². The molecular formula is C18H13ClN4O4. The number of rotatable bonds is 5. The van der Waals surface area contributed by atoms with Gasteiger partial charge in [-0.15, -0.1) is 0 Å². The summed E-state index contributed by atoms with van der Waals surface area (Å²) in [6.07, 6.45) is 0.993. The molecule has 1 amide bonds. The fourth-order valence-electron chi connectivity index (χ4n) is 2.56. The Hall–Kier alpha value is -3.52. The number of halogens is 1. The van der Waals surface area contributed by atoms with Gasteiger partial charge in [0.15, 0.2) is 5.78 Å². The van der Waals surface area contributed by atoms with Crippen molar-refractivity contribution >= 4 is 34.7 Å². The van der Waals surface area contributed by atoms with E-state index in [4.69, 9.17) is 11.6 Å². The molecule has 1 aromatic heterocycles. The highest BCUT2D eigenvalue weighted by Crippen LogP contribution is 2.25. The van der Waals surface area contributed by atoms with Crippen LogP contribution >= 0.6 is 11.6 Å². The molecular weight excluding hydrogens is 372 g/mol. The van der Waals surface area contributed by atoms with Crippen molar-refractivity contribution in [2.75, 3.05) is 5.32 Å². The molecule has 1 N–H and O–H groups in total. The molecule has 0 atom stereocenters. The molecule has 136 valence electrons. The van der Waals surface area contributed by atoms with Gasteiger partial charge in [0.25, 0.3) is 5.91 Å². The van der Waals surface area contributed by atoms with Crippen molar-refractivity contribution in [1.82, 2.24) is 9.78 Å². The minimum absolute atomic E-state index is 0.173. The second-order valence-corrected chi connectivity index (χ2v) is 6.03. The first-order valence-corrected chi connectivity index (χ1v) is 8.13. The van der Waals surface area contributed by atoms with Crippen LogP contribution in [0.25, 0.3) is 0 Å². The molecule has 0 fully saturated rings. The number of nitrogens with zero attached hydrogens (tertiary/aromatic N) is 3. The van der Waals surface area contributed by atoms with Crippen molar-refractivity contribution in [2.24, 2.45) is 7.05 Å². The Kier molecular flexibility index (Phi) is 5.00. The molecule has 1 heterocycles. The molecule has 3 aromatic rings. The number of carbonyl (C=O) groups excluding carboxylic acids is 2. The summed E-state index contributed by atoms with van der Waals surface area (Å²) in [5, 5.41) is 17.7. The van der Waals surface area contributed by atoms with Crippen LogP contribution < -0.4 is 5.32 Å². The molecule has 8 nitrogen and oxygen atoms in total. The van der Waals surface area contributed by atoms with E-state index in [-0.39, 0.29) is 22.7 Å². The van der Waals surface area contributed by atoms with Crippen molar-refractivity contribution in [3.05, 3.63) is 86.7 Å². The minimum Gasteiger partial charge on any atom is -0.320 e. The number of nitro groups is 1. The van der Waals surface area contributed by atoms with Crippen LogP contribution in [0.3, 0.4) is 0 Å². The molecule has 0 aliphatic rings. The number of aromatic nitrogens is 2. The van der Waals surface area contributed by atoms with E-state index in [2.05, 4.69) is 10.4 Å². The third kappa shape index (κ3) is 3.70. The summed E-state index contributed by atoms with van der Waals surface area (Å²) in [5.74, 6) is -1.10. The highest BCUT2D eigenvalue weighted by molar-refractivity contribution is 6.31. The Morgan fingerprint density at radius 2 is 1.89 bits per heavy atom. The SMILES string of the molecule is Cn1ncc([N+](=O)[O-])c1C(=O)Nc1ccc(Cl)cc1C(=O)c1ccccc1. The molecule has 0 saturated heterocycles. The van der Waals surface area contributed by atoms with Gasteiger partial charge in [-0.2, -0.15) is 5.10 Å². The van der Waals surface area contributed by atoms with Gasteiger partial charge in [0.05, 0.1) is 10.6 Å². The summed E-state index contributed by atoms with van der Waals surface area (Å²) in [6, 6.07) is 12.9. The molecule has 0 unspecified atom stereocenters. The van der Waals surface area contributed by atoms with E-state index in [0.717, 1.165) is 10.9 Å². The highest BCUT2D eigenvalue weighted by Gasteiger charge is 2.26. The van der Waals surface area contributed by atoms with E-state index in [9.17, 15) is 19.7 Å². The van der Waals surface area contributed by atoms with Gasteiger partial charge in [0, 0.05) is 23.2 Å². The Balaban J connectivity index is 1.99. The first-order valence-electron chi connectivity index (χ1n) is 7.75. The second-order valence-electron chi connectivity index (χ2n) is 5.60. The first-order chi connectivity index (χ1) is 12.9. The van der Waals surface area contributed by atoms with Crippen LogP contribution in [0.2, 0.25) is 5.02 Å². The van der Waals surface area contributed by atoms with Crippen molar-refractivity contribution in [2.45, 2.75) is 0 Å². The van der Waals surface area contributed by atoms with Gasteiger partial charge in [0.2, 0.25) is 5.69 Å². The van der Waals surface area contributed by atoms with Gasteiger partial charge in [-0.3, -0.25) is 24.4 Å². The lowest BCUT2D eigenvalue weighted by atomic mass is 10.0. The van der Waals surface area contributed by atoms with E-state index in [1.807, 2.05) is 0 Å². The zero-order chi connectivity index (χ0) is 19.6. The number of aryl methyl sites for hydroxylation is 1. The lowest BCUT2D eigenvalue weighted by Crippen LogP contribution is -2.19. The van der Waals surface area contributed by atoms with Crippen molar-refractivity contribution < 1.29 is 14.5 Å². The number of ketones is 1. The zero-order valence-corrected chi connectivity index (χ0v) is 14.8. The third-order valence-corrected chi connectivity index (χ3v) is 4.08. The van der Waals surface area contributed by atoms with Gasteiger partial charge < -0.3 is 5.32 Å². The van der Waals surface area contributed by atoms with Gasteiger partial charge in [-0.1, -0.05) is 41.9 Å². The number of benzene rings is 2. The average molecular weight is 385 g/mol. The van der Waals surface area contributed by atoms with Gasteiger partial charge in [-0.25, -0.2) is 0 Å². The summed E-state index contributed by atoms with van der Waals surface area (Å²) in [6.45, 7) is 0. The predicted molar refractivity (Wildman–Crippen MR) is 99.1 cm³/mol. The summed E-state index contributed by atoms with van der Waals surface area (Å²) < 4.78 is 1.10. The quantitative estimate of drug-likeness (QED) is 0.411. The van der Waals surface area contributed by atoms with Gasteiger partial charge in [-0.05, 0) is 18.2 Å². The van der Waals surface area contributed by atoms with Crippen LogP contribution in [-0.2, 0) is 7.05 Å². The zero-order valence-electron chi connectivity index (χ0n) is 14.0.